The van der Waals surface area contributed by atoms with Crippen LogP contribution in [0.3, 0.4) is 0 Å². The Hall–Kier alpha value is -2.91. The van der Waals surface area contributed by atoms with Gasteiger partial charge in [0.25, 0.3) is 5.56 Å². The first-order chi connectivity index (χ1) is 15.8. The van der Waals surface area contributed by atoms with Crippen molar-refractivity contribution in [1.29, 1.82) is 0 Å². The van der Waals surface area contributed by atoms with E-state index < -0.39 is 20.3 Å². The van der Waals surface area contributed by atoms with Crippen LogP contribution in [-0.2, 0) is 27.5 Å². The van der Waals surface area contributed by atoms with Crippen molar-refractivity contribution in [3.8, 4) is 0 Å². The van der Waals surface area contributed by atoms with Gasteiger partial charge in [-0.15, -0.1) is 0 Å². The molecule has 7 nitrogen and oxygen atoms in total. The fourth-order valence-electron chi connectivity index (χ4n) is 3.13. The zero-order valence-corrected chi connectivity index (χ0v) is 20.3. The molecule has 2 N–H and O–H groups in total. The summed E-state index contributed by atoms with van der Waals surface area (Å²) in [4.78, 5) is 30.8. The summed E-state index contributed by atoms with van der Waals surface area (Å²) in [5.74, 6) is -0.240. The summed E-state index contributed by atoms with van der Waals surface area (Å²) < 4.78 is 25.8. The molecule has 3 rings (SSSR count). The lowest BCUT2D eigenvalue weighted by molar-refractivity contribution is -0.113. The Morgan fingerprint density at radius 3 is 2.30 bits per heavy atom. The van der Waals surface area contributed by atoms with E-state index >= 15 is 0 Å². The summed E-state index contributed by atoms with van der Waals surface area (Å²) in [5, 5.41) is 2.95. The van der Waals surface area contributed by atoms with Crippen molar-refractivity contribution >= 4 is 33.2 Å². The van der Waals surface area contributed by atoms with Crippen LogP contribution in [0.4, 0.5) is 5.69 Å². The highest BCUT2D eigenvalue weighted by Gasteiger charge is 2.22. The van der Waals surface area contributed by atoms with Crippen LogP contribution in [0.25, 0.3) is 0 Å². The van der Waals surface area contributed by atoms with Crippen LogP contribution < -0.4 is 10.9 Å². The predicted octanol–water partition coefficient (Wildman–Crippen LogP) is 4.24. The summed E-state index contributed by atoms with van der Waals surface area (Å²) in [6, 6.07) is 14.1. The molecule has 0 unspecified atom stereocenters. The minimum atomic E-state index is -4.00. The molecular weight excluding hydrogens is 458 g/mol. The maximum absolute atomic E-state index is 12.9. The monoisotopic (exact) mass is 485 g/mol. The average molecular weight is 486 g/mol. The van der Waals surface area contributed by atoms with E-state index in [1.165, 1.54) is 17.7 Å². The van der Waals surface area contributed by atoms with Gasteiger partial charge in [0.1, 0.15) is 0 Å². The summed E-state index contributed by atoms with van der Waals surface area (Å²) in [6.45, 7) is 4.15. The van der Waals surface area contributed by atoms with Crippen molar-refractivity contribution in [2.75, 3.05) is 11.1 Å². The third-order valence-electron chi connectivity index (χ3n) is 5.07. The first-order valence-electron chi connectivity index (χ1n) is 10.8. The van der Waals surface area contributed by atoms with E-state index in [9.17, 15) is 18.0 Å². The number of anilines is 1. The second-order valence-corrected chi connectivity index (χ2v) is 10.4. The summed E-state index contributed by atoms with van der Waals surface area (Å²) in [5.41, 5.74) is 2.14. The first kappa shape index (κ1) is 24.7. The number of nitrogens with one attached hydrogen (secondary N) is 2. The Morgan fingerprint density at radius 1 is 1.03 bits per heavy atom. The van der Waals surface area contributed by atoms with Gasteiger partial charge in [0.2, 0.25) is 15.7 Å². The molecule has 0 aliphatic rings. The number of benzene rings is 2. The SMILES string of the molecule is CCCCc1ccc(S(=O)(=O)c2cnc(SCC(=O)Nc3ccc(CC)cc3)[nH]c2=O)cc1. The average Bonchev–Trinajstić information content (AvgIpc) is 2.82. The summed E-state index contributed by atoms with van der Waals surface area (Å²) in [7, 11) is -4.00. The number of aromatic nitrogens is 2. The molecule has 1 aromatic heterocycles. The van der Waals surface area contributed by atoms with Crippen molar-refractivity contribution in [3.63, 3.8) is 0 Å². The van der Waals surface area contributed by atoms with Gasteiger partial charge in [-0.25, -0.2) is 13.4 Å². The highest BCUT2D eigenvalue weighted by molar-refractivity contribution is 7.99. The lowest BCUT2D eigenvalue weighted by Crippen LogP contribution is -2.20. The van der Waals surface area contributed by atoms with Crippen LogP contribution in [0.15, 0.2) is 74.5 Å². The van der Waals surface area contributed by atoms with Gasteiger partial charge < -0.3 is 10.3 Å². The van der Waals surface area contributed by atoms with Gasteiger partial charge in [-0.3, -0.25) is 9.59 Å². The van der Waals surface area contributed by atoms with Gasteiger partial charge >= 0.3 is 0 Å². The van der Waals surface area contributed by atoms with Gasteiger partial charge in [-0.05, 0) is 54.7 Å². The van der Waals surface area contributed by atoms with Gasteiger partial charge in [0.05, 0.1) is 16.8 Å². The quantitative estimate of drug-likeness (QED) is 0.328. The third kappa shape index (κ3) is 6.55. The number of hydrogen-bond acceptors (Lipinski definition) is 6. The number of hydrogen-bond donors (Lipinski definition) is 2. The Morgan fingerprint density at radius 2 is 1.70 bits per heavy atom. The molecule has 1 amide bonds. The minimum absolute atomic E-state index is 0.0176. The number of aromatic amines is 1. The maximum Gasteiger partial charge on any atom is 0.270 e. The zero-order valence-electron chi connectivity index (χ0n) is 18.6. The molecule has 0 fully saturated rings. The largest absolute Gasteiger partial charge is 0.325 e. The van der Waals surface area contributed by atoms with E-state index in [1.807, 2.05) is 24.3 Å². The molecule has 0 saturated carbocycles. The van der Waals surface area contributed by atoms with Crippen molar-refractivity contribution < 1.29 is 13.2 Å². The van der Waals surface area contributed by atoms with Crippen LogP contribution in [0.5, 0.6) is 0 Å². The number of thioether (sulfide) groups is 1. The molecule has 2 aromatic carbocycles. The van der Waals surface area contributed by atoms with Crippen molar-refractivity contribution in [2.45, 2.75) is 54.5 Å². The lowest BCUT2D eigenvalue weighted by Gasteiger charge is -2.07. The summed E-state index contributed by atoms with van der Waals surface area (Å²) in [6.07, 6.45) is 4.92. The van der Waals surface area contributed by atoms with Crippen molar-refractivity contribution in [3.05, 3.63) is 76.2 Å². The van der Waals surface area contributed by atoms with Crippen molar-refractivity contribution in [1.82, 2.24) is 9.97 Å². The molecular formula is C24H27N3O4S2. The van der Waals surface area contributed by atoms with E-state index in [1.54, 1.807) is 12.1 Å². The number of amides is 1. The zero-order chi connectivity index (χ0) is 23.8. The molecule has 0 saturated heterocycles. The Bertz CT molecular complexity index is 1250. The molecule has 0 atom stereocenters. The Labute approximate surface area is 198 Å². The number of carbonyl (C=O) groups excluding carboxylic acids is 1. The molecule has 33 heavy (non-hydrogen) atoms. The number of aryl methyl sites for hydroxylation is 2. The van der Waals surface area contributed by atoms with E-state index in [-0.39, 0.29) is 21.7 Å². The third-order valence-corrected chi connectivity index (χ3v) is 7.72. The Kier molecular flexibility index (Phi) is 8.46. The summed E-state index contributed by atoms with van der Waals surface area (Å²) >= 11 is 1.02. The number of unbranched alkanes of at least 4 members (excludes halogenated alkanes) is 1. The second kappa shape index (κ2) is 11.3. The van der Waals surface area contributed by atoms with E-state index in [0.717, 1.165) is 49.2 Å². The topological polar surface area (TPSA) is 109 Å². The van der Waals surface area contributed by atoms with Crippen LogP contribution in [-0.4, -0.2) is 30.0 Å². The van der Waals surface area contributed by atoms with Crippen molar-refractivity contribution in [2.24, 2.45) is 0 Å². The van der Waals surface area contributed by atoms with Gasteiger partial charge in [0.15, 0.2) is 10.1 Å². The highest BCUT2D eigenvalue weighted by atomic mass is 32.2. The molecule has 3 aromatic rings. The maximum atomic E-state index is 12.9. The normalized spacial score (nSPS) is 11.3. The van der Waals surface area contributed by atoms with E-state index in [0.29, 0.717) is 5.69 Å². The van der Waals surface area contributed by atoms with Crippen LogP contribution in [0.2, 0.25) is 0 Å². The molecule has 9 heteroatoms. The van der Waals surface area contributed by atoms with Crippen LogP contribution in [0, 0.1) is 0 Å². The van der Waals surface area contributed by atoms with Crippen LogP contribution >= 0.6 is 11.8 Å². The standard InChI is InChI=1S/C24H27N3O4S2/c1-3-5-6-18-9-13-20(14-10-18)33(30,31)21-15-25-24(27-23(21)29)32-16-22(28)26-19-11-7-17(4-2)8-12-19/h7-15H,3-6,16H2,1-2H3,(H,26,28)(H,25,27,29). The van der Waals surface area contributed by atoms with Gasteiger partial charge in [-0.1, -0.05) is 56.3 Å². The fraction of sp³-hybridized carbons (Fsp3) is 0.292. The number of H-pyrrole nitrogens is 1. The number of sulfone groups is 1. The smallest absolute Gasteiger partial charge is 0.270 e. The number of rotatable bonds is 10. The number of nitrogens with zero attached hydrogens (tertiary/aromatic N) is 1. The molecule has 0 spiro atoms. The van der Waals surface area contributed by atoms with E-state index in [2.05, 4.69) is 29.1 Å². The molecule has 0 radical (unpaired) electrons. The molecule has 0 aliphatic carbocycles. The minimum Gasteiger partial charge on any atom is -0.325 e. The molecule has 0 bridgehead atoms. The predicted molar refractivity (Wildman–Crippen MR) is 131 cm³/mol. The molecule has 174 valence electrons. The Balaban J connectivity index is 1.65. The molecule has 0 aliphatic heterocycles. The van der Waals surface area contributed by atoms with Crippen LogP contribution in [0.1, 0.15) is 37.8 Å². The highest BCUT2D eigenvalue weighted by Crippen LogP contribution is 2.20. The number of carbonyl (C=O) groups is 1. The second-order valence-electron chi connectivity index (χ2n) is 7.52. The first-order valence-corrected chi connectivity index (χ1v) is 13.2. The fourth-order valence-corrected chi connectivity index (χ4v) is 5.00. The van der Waals surface area contributed by atoms with E-state index in [4.69, 9.17) is 0 Å². The lowest BCUT2D eigenvalue weighted by atomic mass is 10.1. The van der Waals surface area contributed by atoms with Gasteiger partial charge in [0, 0.05) is 5.69 Å². The molecule has 1 heterocycles. The van der Waals surface area contributed by atoms with Gasteiger partial charge in [-0.2, -0.15) is 0 Å².